The van der Waals surface area contributed by atoms with Gasteiger partial charge in [-0.2, -0.15) is 0 Å². The van der Waals surface area contributed by atoms with E-state index in [-0.39, 0.29) is 0 Å². The van der Waals surface area contributed by atoms with Crippen molar-refractivity contribution < 1.29 is 10.0 Å². The van der Waals surface area contributed by atoms with Gasteiger partial charge >= 0.3 is 7.12 Å². The Bertz CT molecular complexity index is 1110. The van der Waals surface area contributed by atoms with Gasteiger partial charge in [-0.05, 0) is 69.4 Å². The molecule has 0 atom stereocenters. The first kappa shape index (κ1) is 25.0. The number of pyridine rings is 2. The number of rotatable bonds is 2. The van der Waals surface area contributed by atoms with Crippen molar-refractivity contribution in [3.05, 3.63) is 113 Å². The zero-order valence-corrected chi connectivity index (χ0v) is 19.4. The predicted molar refractivity (Wildman–Crippen MR) is 134 cm³/mol. The molecule has 4 aromatic rings. The van der Waals surface area contributed by atoms with Crippen LogP contribution in [0.3, 0.4) is 0 Å². The molecule has 0 amide bonds. The summed E-state index contributed by atoms with van der Waals surface area (Å²) in [4.78, 5) is 8.47. The van der Waals surface area contributed by atoms with Gasteiger partial charge in [0.2, 0.25) is 0 Å². The number of nitrogens with zero attached hydrogens (tertiary/aromatic N) is 2. The molecule has 5 heteroatoms. The third-order valence-corrected chi connectivity index (χ3v) is 4.91. The van der Waals surface area contributed by atoms with E-state index in [4.69, 9.17) is 10.0 Å². The number of aryl methyl sites for hydroxylation is 5. The molecule has 0 aliphatic carbocycles. The second-order valence-electron chi connectivity index (χ2n) is 7.73. The Labute approximate surface area is 191 Å². The van der Waals surface area contributed by atoms with E-state index >= 15 is 0 Å². The molecule has 2 heterocycles. The van der Waals surface area contributed by atoms with Crippen molar-refractivity contribution in [1.29, 1.82) is 0 Å². The Morgan fingerprint density at radius 3 is 1.69 bits per heavy atom. The number of aromatic nitrogens is 2. The Hall–Kier alpha value is -3.28. The molecule has 4 rings (SSSR count). The SMILES string of the molecule is Cc1cccc(-c2ncccc2C)c1.Cc1cccc(B(O)O)c1.Cc1cccnc1C. The van der Waals surface area contributed by atoms with Crippen LogP contribution in [0, 0.1) is 34.6 Å². The summed E-state index contributed by atoms with van der Waals surface area (Å²) in [5.74, 6) is 0. The fraction of sp³-hybridized carbons (Fsp3) is 0.185. The van der Waals surface area contributed by atoms with E-state index in [0.29, 0.717) is 5.46 Å². The molecular formula is C27H31BN2O2. The van der Waals surface area contributed by atoms with Gasteiger partial charge in [0.05, 0.1) is 5.69 Å². The van der Waals surface area contributed by atoms with Crippen LogP contribution in [0.1, 0.15) is 27.9 Å². The van der Waals surface area contributed by atoms with Crippen LogP contribution in [-0.2, 0) is 0 Å². The Morgan fingerprint density at radius 2 is 1.22 bits per heavy atom. The molecule has 2 aromatic heterocycles. The number of hydrogen-bond acceptors (Lipinski definition) is 4. The molecule has 4 nitrogen and oxygen atoms in total. The molecule has 0 spiro atoms. The van der Waals surface area contributed by atoms with Crippen LogP contribution in [0.2, 0.25) is 0 Å². The van der Waals surface area contributed by atoms with Crippen molar-refractivity contribution >= 4 is 12.6 Å². The van der Waals surface area contributed by atoms with Crippen molar-refractivity contribution in [1.82, 2.24) is 9.97 Å². The van der Waals surface area contributed by atoms with E-state index in [1.54, 1.807) is 18.2 Å². The average Bonchev–Trinajstić information content (AvgIpc) is 2.77. The Kier molecular flexibility index (Phi) is 9.80. The van der Waals surface area contributed by atoms with Crippen molar-refractivity contribution in [3.63, 3.8) is 0 Å². The summed E-state index contributed by atoms with van der Waals surface area (Å²) in [5, 5.41) is 17.4. The maximum absolute atomic E-state index is 8.70. The predicted octanol–water partition coefficient (Wildman–Crippen LogP) is 4.74. The van der Waals surface area contributed by atoms with Crippen molar-refractivity contribution in [3.8, 4) is 11.3 Å². The smallest absolute Gasteiger partial charge is 0.423 e. The molecule has 0 saturated carbocycles. The lowest BCUT2D eigenvalue weighted by Crippen LogP contribution is -2.29. The summed E-state index contributed by atoms with van der Waals surface area (Å²) < 4.78 is 0. The van der Waals surface area contributed by atoms with E-state index in [0.717, 1.165) is 17.0 Å². The third kappa shape index (κ3) is 8.10. The molecule has 2 aromatic carbocycles. The minimum absolute atomic E-state index is 0.542. The molecule has 0 bridgehead atoms. The fourth-order valence-electron chi connectivity index (χ4n) is 2.98. The maximum Gasteiger partial charge on any atom is 0.488 e. The lowest BCUT2D eigenvalue weighted by Gasteiger charge is -2.04. The highest BCUT2D eigenvalue weighted by Crippen LogP contribution is 2.20. The van der Waals surface area contributed by atoms with E-state index < -0.39 is 7.12 Å². The summed E-state index contributed by atoms with van der Waals surface area (Å²) in [6.45, 7) is 10.2. The normalized spacial score (nSPS) is 9.72. The molecule has 0 unspecified atom stereocenters. The Balaban J connectivity index is 0.000000178. The zero-order valence-electron chi connectivity index (χ0n) is 19.4. The maximum atomic E-state index is 8.70. The summed E-state index contributed by atoms with van der Waals surface area (Å²) >= 11 is 0. The van der Waals surface area contributed by atoms with E-state index in [1.807, 2.05) is 44.4 Å². The van der Waals surface area contributed by atoms with Crippen LogP contribution in [0.4, 0.5) is 0 Å². The molecule has 0 aliphatic rings. The standard InChI is InChI=1S/C13H13N.C7H9BO2.C7H9N/c1-10-5-3-7-12(9-10)13-11(2)6-4-8-14-13;1-6-3-2-4-7(5-6)8(9)10;1-6-4-3-5-8-7(6)2/h3-9H,1-2H3;2-5,9-10H,1H3;3-5H,1-2H3. The van der Waals surface area contributed by atoms with Crippen LogP contribution in [-0.4, -0.2) is 27.1 Å². The van der Waals surface area contributed by atoms with Crippen molar-refractivity contribution in [2.45, 2.75) is 34.6 Å². The van der Waals surface area contributed by atoms with Gasteiger partial charge in [-0.1, -0.05) is 65.7 Å². The first-order valence-corrected chi connectivity index (χ1v) is 10.6. The van der Waals surface area contributed by atoms with E-state index in [1.165, 1.54) is 22.3 Å². The van der Waals surface area contributed by atoms with Crippen LogP contribution in [0.5, 0.6) is 0 Å². The highest BCUT2D eigenvalue weighted by atomic mass is 16.4. The van der Waals surface area contributed by atoms with Gasteiger partial charge in [-0.25, -0.2) is 0 Å². The summed E-state index contributed by atoms with van der Waals surface area (Å²) in [7, 11) is -1.35. The van der Waals surface area contributed by atoms with Gasteiger partial charge < -0.3 is 10.0 Å². The molecule has 0 radical (unpaired) electrons. The van der Waals surface area contributed by atoms with Gasteiger partial charge in [-0.15, -0.1) is 0 Å². The van der Waals surface area contributed by atoms with Crippen LogP contribution in [0.15, 0.2) is 85.2 Å². The monoisotopic (exact) mass is 426 g/mol. The molecular weight excluding hydrogens is 395 g/mol. The first-order valence-electron chi connectivity index (χ1n) is 10.6. The largest absolute Gasteiger partial charge is 0.488 e. The molecule has 0 saturated heterocycles. The third-order valence-electron chi connectivity index (χ3n) is 4.91. The van der Waals surface area contributed by atoms with Crippen LogP contribution in [0.25, 0.3) is 11.3 Å². The Morgan fingerprint density at radius 1 is 0.625 bits per heavy atom. The molecule has 164 valence electrons. The summed E-state index contributed by atoms with van der Waals surface area (Å²) in [6.07, 6.45) is 3.65. The minimum Gasteiger partial charge on any atom is -0.423 e. The van der Waals surface area contributed by atoms with Crippen molar-refractivity contribution in [2.24, 2.45) is 0 Å². The van der Waals surface area contributed by atoms with Crippen LogP contribution >= 0.6 is 0 Å². The summed E-state index contributed by atoms with van der Waals surface area (Å²) in [5.41, 5.74) is 8.72. The van der Waals surface area contributed by atoms with E-state index in [9.17, 15) is 0 Å². The highest BCUT2D eigenvalue weighted by molar-refractivity contribution is 6.58. The summed E-state index contributed by atoms with van der Waals surface area (Å²) in [6, 6.07) is 23.6. The second kappa shape index (κ2) is 12.5. The molecule has 0 aliphatic heterocycles. The topological polar surface area (TPSA) is 66.2 Å². The second-order valence-corrected chi connectivity index (χ2v) is 7.73. The quantitative estimate of drug-likeness (QED) is 0.455. The molecule has 32 heavy (non-hydrogen) atoms. The van der Waals surface area contributed by atoms with Gasteiger partial charge in [0.1, 0.15) is 0 Å². The fourth-order valence-corrected chi connectivity index (χ4v) is 2.98. The molecule has 0 fully saturated rings. The van der Waals surface area contributed by atoms with Crippen LogP contribution < -0.4 is 5.46 Å². The number of hydrogen-bond donors (Lipinski definition) is 2. The highest BCUT2D eigenvalue weighted by Gasteiger charge is 2.08. The first-order chi connectivity index (χ1) is 15.3. The number of benzene rings is 2. The lowest BCUT2D eigenvalue weighted by molar-refractivity contribution is 0.425. The van der Waals surface area contributed by atoms with E-state index in [2.05, 4.69) is 67.1 Å². The zero-order chi connectivity index (χ0) is 23.5. The molecule has 2 N–H and O–H groups in total. The van der Waals surface area contributed by atoms with Gasteiger partial charge in [0.15, 0.2) is 0 Å². The minimum atomic E-state index is -1.35. The van der Waals surface area contributed by atoms with Gasteiger partial charge in [-0.3, -0.25) is 9.97 Å². The average molecular weight is 426 g/mol. The van der Waals surface area contributed by atoms with Gasteiger partial charge in [0.25, 0.3) is 0 Å². The lowest BCUT2D eigenvalue weighted by atomic mass is 9.80. The van der Waals surface area contributed by atoms with Gasteiger partial charge in [0, 0.05) is 23.7 Å². The van der Waals surface area contributed by atoms with Crippen molar-refractivity contribution in [2.75, 3.05) is 0 Å².